The van der Waals surface area contributed by atoms with Crippen molar-refractivity contribution in [1.82, 2.24) is 9.78 Å². The number of hydrogen-bond donors (Lipinski definition) is 1. The lowest BCUT2D eigenvalue weighted by atomic mass is 9.90. The van der Waals surface area contributed by atoms with Crippen molar-refractivity contribution < 1.29 is 23.2 Å². The summed E-state index contributed by atoms with van der Waals surface area (Å²) in [6.45, 7) is 1.88. The zero-order chi connectivity index (χ0) is 18.4. The molecule has 0 saturated heterocycles. The van der Waals surface area contributed by atoms with Gasteiger partial charge < -0.3 is 9.94 Å². The van der Waals surface area contributed by atoms with Crippen LogP contribution >= 0.6 is 0 Å². The van der Waals surface area contributed by atoms with Crippen LogP contribution in [0.1, 0.15) is 33.0 Å². The van der Waals surface area contributed by atoms with Gasteiger partial charge in [0.2, 0.25) is 5.88 Å². The molecule has 1 unspecified atom stereocenters. The van der Waals surface area contributed by atoms with Crippen LogP contribution in [-0.4, -0.2) is 48.2 Å². The van der Waals surface area contributed by atoms with Gasteiger partial charge in [0.05, 0.1) is 23.2 Å². The number of carbonyl (C=O) groups is 1. The van der Waals surface area contributed by atoms with Gasteiger partial charge in [0.1, 0.15) is 12.2 Å². The quantitative estimate of drug-likeness (QED) is 0.816. The van der Waals surface area contributed by atoms with Crippen molar-refractivity contribution in [3.63, 3.8) is 0 Å². The second-order valence-electron chi connectivity index (χ2n) is 5.91. The van der Waals surface area contributed by atoms with E-state index in [9.17, 15) is 18.3 Å². The number of rotatable bonds is 4. The maximum absolute atomic E-state index is 12.8. The van der Waals surface area contributed by atoms with E-state index in [4.69, 9.17) is 4.84 Å². The molecule has 0 saturated carbocycles. The fraction of sp³-hybridized carbons (Fsp3) is 0.312. The van der Waals surface area contributed by atoms with Crippen LogP contribution in [0.25, 0.3) is 0 Å². The monoisotopic (exact) mass is 363 g/mol. The van der Waals surface area contributed by atoms with Crippen LogP contribution in [-0.2, 0) is 21.7 Å². The normalized spacial score (nSPS) is 16.8. The van der Waals surface area contributed by atoms with Crippen molar-refractivity contribution in [3.8, 4) is 5.88 Å². The van der Waals surface area contributed by atoms with Crippen LogP contribution in [0.5, 0.6) is 5.88 Å². The van der Waals surface area contributed by atoms with Crippen molar-refractivity contribution in [2.75, 3.05) is 12.9 Å². The van der Waals surface area contributed by atoms with Gasteiger partial charge in [0, 0.05) is 18.9 Å². The highest BCUT2D eigenvalue weighted by Crippen LogP contribution is 2.32. The van der Waals surface area contributed by atoms with Gasteiger partial charge in [0.25, 0.3) is 0 Å². The van der Waals surface area contributed by atoms with E-state index in [0.29, 0.717) is 16.7 Å². The molecule has 0 bridgehead atoms. The molecule has 8 nitrogen and oxygen atoms in total. The van der Waals surface area contributed by atoms with Crippen LogP contribution in [0.15, 0.2) is 28.4 Å². The highest BCUT2D eigenvalue weighted by Gasteiger charge is 2.29. The molecule has 2 aromatic rings. The molecule has 1 aliphatic rings. The topological polar surface area (TPSA) is 111 Å². The van der Waals surface area contributed by atoms with Crippen LogP contribution in [0.4, 0.5) is 0 Å². The number of oxime groups is 1. The number of carbonyl (C=O) groups excluding carboxylic acids is 1. The summed E-state index contributed by atoms with van der Waals surface area (Å²) >= 11 is 0. The van der Waals surface area contributed by atoms with Crippen molar-refractivity contribution in [2.24, 2.45) is 12.2 Å². The third kappa shape index (κ3) is 2.91. The zero-order valence-corrected chi connectivity index (χ0v) is 14.7. The summed E-state index contributed by atoms with van der Waals surface area (Å²) in [6.07, 6.45) is 3.92. The van der Waals surface area contributed by atoms with E-state index in [1.807, 2.05) is 0 Å². The van der Waals surface area contributed by atoms with Crippen molar-refractivity contribution in [2.45, 2.75) is 17.7 Å². The van der Waals surface area contributed by atoms with Gasteiger partial charge in [-0.15, -0.1) is 0 Å². The third-order valence-electron chi connectivity index (χ3n) is 4.21. The first-order valence-electron chi connectivity index (χ1n) is 7.46. The van der Waals surface area contributed by atoms with Gasteiger partial charge in [-0.05, 0) is 30.2 Å². The molecule has 0 aliphatic carbocycles. The Bertz CT molecular complexity index is 991. The van der Waals surface area contributed by atoms with Crippen LogP contribution in [0, 0.1) is 6.92 Å². The summed E-state index contributed by atoms with van der Waals surface area (Å²) in [6, 6.07) is 2.86. The maximum atomic E-state index is 12.8. The average molecular weight is 363 g/mol. The molecular weight excluding hydrogens is 346 g/mol. The minimum absolute atomic E-state index is 0.0556. The van der Waals surface area contributed by atoms with E-state index >= 15 is 0 Å². The first kappa shape index (κ1) is 17.2. The van der Waals surface area contributed by atoms with Crippen molar-refractivity contribution >= 4 is 21.8 Å². The summed E-state index contributed by atoms with van der Waals surface area (Å²) < 4.78 is 25.5. The molecule has 9 heteroatoms. The van der Waals surface area contributed by atoms with Gasteiger partial charge in [-0.3, -0.25) is 4.79 Å². The Labute approximate surface area is 144 Å². The predicted molar refractivity (Wildman–Crippen MR) is 89.8 cm³/mol. The van der Waals surface area contributed by atoms with E-state index in [-0.39, 0.29) is 28.9 Å². The van der Waals surface area contributed by atoms with Crippen LogP contribution in [0.3, 0.4) is 0 Å². The zero-order valence-electron chi connectivity index (χ0n) is 13.9. The molecule has 1 N–H and O–H groups in total. The predicted octanol–water partition coefficient (Wildman–Crippen LogP) is 1.17. The van der Waals surface area contributed by atoms with E-state index < -0.39 is 15.6 Å². The lowest BCUT2D eigenvalue weighted by Gasteiger charge is -2.17. The molecule has 3 rings (SSSR count). The van der Waals surface area contributed by atoms with Crippen LogP contribution in [0.2, 0.25) is 0 Å². The second kappa shape index (κ2) is 5.99. The lowest BCUT2D eigenvalue weighted by molar-refractivity contribution is 0.103. The SMILES string of the molecule is Cc1c(C(=O)c2cnn(C)c2O)ccc(S(C)(=O)=O)c1C1C=NOC1. The molecule has 0 spiro atoms. The van der Waals surface area contributed by atoms with Gasteiger partial charge in [-0.1, -0.05) is 5.16 Å². The number of aromatic nitrogens is 2. The maximum Gasteiger partial charge on any atom is 0.220 e. The summed E-state index contributed by atoms with van der Waals surface area (Å²) in [5, 5.41) is 17.5. The molecule has 0 fully saturated rings. The van der Waals surface area contributed by atoms with Gasteiger partial charge in [-0.25, -0.2) is 13.1 Å². The fourth-order valence-electron chi connectivity index (χ4n) is 2.91. The smallest absolute Gasteiger partial charge is 0.220 e. The molecule has 0 radical (unpaired) electrons. The van der Waals surface area contributed by atoms with E-state index in [2.05, 4.69) is 10.3 Å². The standard InChI is InChI=1S/C16H17N3O5S/c1-9-11(15(20)12-7-17-19(2)16(12)21)4-5-13(25(3,22)23)14(9)10-6-18-24-8-10/h4-7,10,21H,8H2,1-3H3. The second-order valence-corrected chi connectivity index (χ2v) is 7.90. The minimum Gasteiger partial charge on any atom is -0.493 e. The number of benzene rings is 1. The third-order valence-corrected chi connectivity index (χ3v) is 5.37. The Kier molecular flexibility index (Phi) is 4.11. The molecule has 1 aromatic carbocycles. The molecular formula is C16H17N3O5S. The Hall–Kier alpha value is -2.68. The molecule has 1 atom stereocenters. The number of ketones is 1. The Balaban J connectivity index is 2.20. The van der Waals surface area contributed by atoms with E-state index in [0.717, 1.165) is 6.26 Å². The summed E-state index contributed by atoms with van der Waals surface area (Å²) in [7, 11) is -1.98. The number of hydrogen-bond acceptors (Lipinski definition) is 7. The van der Waals surface area contributed by atoms with E-state index in [1.165, 1.54) is 36.3 Å². The van der Waals surface area contributed by atoms with E-state index in [1.54, 1.807) is 6.92 Å². The summed E-state index contributed by atoms with van der Waals surface area (Å²) in [5.74, 6) is -1.04. The first-order chi connectivity index (χ1) is 11.7. The van der Waals surface area contributed by atoms with Gasteiger partial charge in [0.15, 0.2) is 15.6 Å². The number of nitrogens with zero attached hydrogens (tertiary/aromatic N) is 3. The lowest BCUT2D eigenvalue weighted by Crippen LogP contribution is -2.15. The fourth-order valence-corrected chi connectivity index (χ4v) is 3.93. The Morgan fingerprint density at radius 3 is 2.60 bits per heavy atom. The summed E-state index contributed by atoms with van der Waals surface area (Å²) in [4.78, 5) is 17.9. The molecule has 1 aromatic heterocycles. The Morgan fingerprint density at radius 2 is 2.08 bits per heavy atom. The number of aromatic hydroxyl groups is 1. The molecule has 1 aliphatic heterocycles. The molecule has 132 valence electrons. The first-order valence-corrected chi connectivity index (χ1v) is 9.35. The summed E-state index contributed by atoms with van der Waals surface area (Å²) in [5.41, 5.74) is 1.35. The number of aryl methyl sites for hydroxylation is 1. The number of sulfone groups is 1. The minimum atomic E-state index is -3.50. The average Bonchev–Trinajstić information content (AvgIpc) is 3.17. The molecule has 0 amide bonds. The van der Waals surface area contributed by atoms with Crippen molar-refractivity contribution in [3.05, 3.63) is 40.6 Å². The largest absolute Gasteiger partial charge is 0.493 e. The highest BCUT2D eigenvalue weighted by atomic mass is 32.2. The van der Waals surface area contributed by atoms with Gasteiger partial charge >= 0.3 is 0 Å². The van der Waals surface area contributed by atoms with Gasteiger partial charge in [-0.2, -0.15) is 5.10 Å². The molecule has 2 heterocycles. The highest BCUT2D eigenvalue weighted by molar-refractivity contribution is 7.90. The molecule has 25 heavy (non-hydrogen) atoms. The van der Waals surface area contributed by atoms with Crippen LogP contribution < -0.4 is 0 Å². The van der Waals surface area contributed by atoms with Crippen molar-refractivity contribution in [1.29, 1.82) is 0 Å². The Morgan fingerprint density at radius 1 is 1.36 bits per heavy atom.